The summed E-state index contributed by atoms with van der Waals surface area (Å²) in [4.78, 5) is 170. The van der Waals surface area contributed by atoms with E-state index in [1.165, 1.54) is 44.2 Å². The van der Waals surface area contributed by atoms with Crippen LogP contribution >= 0.6 is 0 Å². The number of guanidine groups is 1. The van der Waals surface area contributed by atoms with Gasteiger partial charge in [0.2, 0.25) is 65.0 Å². The van der Waals surface area contributed by atoms with Gasteiger partial charge in [-0.25, -0.2) is 4.79 Å². The second kappa shape index (κ2) is 37.8. The van der Waals surface area contributed by atoms with E-state index in [1.54, 1.807) is 41.5 Å². The second-order valence-electron chi connectivity index (χ2n) is 24.1. The summed E-state index contributed by atoms with van der Waals surface area (Å²) in [6.45, 7) is 15.4. The molecule has 0 aromatic heterocycles. The van der Waals surface area contributed by atoms with E-state index in [0.29, 0.717) is 0 Å². The number of hydrogen-bond donors (Lipinski definition) is 19. The molecule has 22 N–H and O–H groups in total. The molecule has 0 unspecified atom stereocenters. The number of aliphatic hydroxyl groups excluding tert-OH is 4. The summed E-state index contributed by atoms with van der Waals surface area (Å²) < 4.78 is 5.92. The number of rotatable bonds is 23. The molecule has 0 saturated carbocycles. The lowest BCUT2D eigenvalue weighted by Gasteiger charge is -2.34. The van der Waals surface area contributed by atoms with Crippen LogP contribution in [0.5, 0.6) is 0 Å². The Morgan fingerprint density at radius 2 is 1.20 bits per heavy atom. The van der Waals surface area contributed by atoms with E-state index in [2.05, 4.69) is 47.9 Å². The highest BCUT2D eigenvalue weighted by molar-refractivity contribution is 6.00. The van der Waals surface area contributed by atoms with Gasteiger partial charge in [-0.05, 0) is 74.2 Å². The van der Waals surface area contributed by atoms with Crippen molar-refractivity contribution in [3.8, 4) is 0 Å². The lowest BCUT2D eigenvalue weighted by atomic mass is 9.95. The van der Waals surface area contributed by atoms with Crippen LogP contribution in [0.1, 0.15) is 126 Å². The zero-order chi connectivity index (χ0) is 68.4. The molecule has 1 aliphatic rings. The summed E-state index contributed by atoms with van der Waals surface area (Å²) >= 11 is 0. The molecule has 1 saturated heterocycles. The number of carbonyl (C=O) groups excluding carboxylic acids is 12. The third-order valence-corrected chi connectivity index (χ3v) is 14.5. The molecule has 1 aromatic rings. The van der Waals surface area contributed by atoms with Crippen molar-refractivity contribution in [1.82, 2.24) is 58.5 Å². The lowest BCUT2D eigenvalue weighted by Crippen LogP contribution is -2.64. The summed E-state index contributed by atoms with van der Waals surface area (Å²) in [7, 11) is 0. The first-order chi connectivity index (χ1) is 42.0. The maximum atomic E-state index is 15.3. The number of nitrogens with one attached hydrogen (secondary N) is 12. The largest absolute Gasteiger partial charge is 0.453 e. The molecule has 90 heavy (non-hydrogen) atoms. The maximum Gasteiger partial charge on any atom is 0.331 e. The molecule has 1 aliphatic heterocycles. The van der Waals surface area contributed by atoms with E-state index < -0.39 is 187 Å². The van der Waals surface area contributed by atoms with Crippen molar-refractivity contribution in [2.24, 2.45) is 46.8 Å². The summed E-state index contributed by atoms with van der Waals surface area (Å²) in [5, 5.41) is 78.2. The van der Waals surface area contributed by atoms with Crippen LogP contribution < -0.4 is 75.7 Å². The van der Waals surface area contributed by atoms with Crippen molar-refractivity contribution in [2.75, 3.05) is 19.7 Å². The normalized spacial score (nSPS) is 24.7. The fourth-order valence-electron chi connectivity index (χ4n) is 9.28. The Morgan fingerprint density at radius 3 is 1.73 bits per heavy atom. The number of amides is 11. The van der Waals surface area contributed by atoms with Gasteiger partial charge in [-0.1, -0.05) is 106 Å². The quantitative estimate of drug-likeness (QED) is 0.0211. The van der Waals surface area contributed by atoms with Crippen molar-refractivity contribution in [3.05, 3.63) is 35.9 Å². The summed E-state index contributed by atoms with van der Waals surface area (Å²) in [6.07, 6.45) is -8.03. The van der Waals surface area contributed by atoms with Gasteiger partial charge >= 0.3 is 5.97 Å². The van der Waals surface area contributed by atoms with Gasteiger partial charge < -0.3 is 101 Å². The van der Waals surface area contributed by atoms with Crippen molar-refractivity contribution in [2.45, 2.75) is 200 Å². The smallest absolute Gasteiger partial charge is 0.331 e. The first-order valence-corrected chi connectivity index (χ1v) is 30.1. The average molecular weight is 1280 g/mol. The number of ether oxygens (including phenoxy) is 1. The molecule has 0 aliphatic carbocycles. The highest BCUT2D eigenvalue weighted by Crippen LogP contribution is 2.25. The highest BCUT2D eigenvalue weighted by Gasteiger charge is 2.44. The van der Waals surface area contributed by atoms with Crippen molar-refractivity contribution in [3.63, 3.8) is 0 Å². The average Bonchev–Trinajstić information content (AvgIpc) is 1.47. The van der Waals surface area contributed by atoms with Gasteiger partial charge in [-0.3, -0.25) is 58.1 Å². The van der Waals surface area contributed by atoms with Crippen molar-refractivity contribution in [1.29, 1.82) is 5.41 Å². The zero-order valence-corrected chi connectivity index (χ0v) is 53.0. The lowest BCUT2D eigenvalue weighted by molar-refractivity contribution is -0.159. The van der Waals surface area contributed by atoms with Crippen LogP contribution in [0.15, 0.2) is 30.3 Å². The number of cyclic esters (lactones) is 1. The predicted molar refractivity (Wildman–Crippen MR) is 325 cm³/mol. The topological polar surface area (TPSA) is 529 Å². The first-order valence-electron chi connectivity index (χ1n) is 30.1. The molecule has 0 radical (unpaired) electrons. The molecule has 1 heterocycles. The van der Waals surface area contributed by atoms with E-state index >= 15 is 4.79 Å². The van der Waals surface area contributed by atoms with Crippen molar-refractivity contribution < 1.29 is 82.7 Å². The fourth-order valence-corrected chi connectivity index (χ4v) is 9.28. The van der Waals surface area contributed by atoms with Crippen LogP contribution in [0.4, 0.5) is 0 Å². The highest BCUT2D eigenvalue weighted by atomic mass is 16.5. The number of benzene rings is 1. The van der Waals surface area contributed by atoms with Crippen LogP contribution in [-0.2, 0) is 62.3 Å². The Kier molecular flexibility index (Phi) is 32.8. The first kappa shape index (κ1) is 78.0. The molecular weight excluding hydrogens is 1180 g/mol. The van der Waals surface area contributed by atoms with Gasteiger partial charge in [0.1, 0.15) is 48.3 Å². The molecule has 506 valence electrons. The monoisotopic (exact) mass is 1280 g/mol. The standard InChI is InChI=1S/C58H97N15O17/c1-12-30(10)39-53(85)71-40(31(11)75)52(84)64-24-38(76)69-42(45(78)47(60)79)55(87)68-37(25-74)57(89)90-46(32-17-14-13-15-18-32)43(73-51(83)36(23-28(6)7)66-48(80)33(59)21-26(2)3)56(88)72-41(44(77)29(8)9)54(86)67-35(22-27(4)5)50(82)65-34(49(81)70-39)19-16-20-63-58(61)62/h13-15,17-18,26-31,33-37,39-46,74-75,77-78H,12,16,19-25,59H2,1-11H3,(H2,60,79)(H,64,84)(H,65,82)(H,66,80)(H,67,86)(H,68,87)(H,69,76)(H,70,81)(H,71,85)(H,72,88)(H,73,83)(H4,61,62,63)/t30-,31-,33+,34+,35-,36-,37-,39-,40-,41-,42-,43-,44+,45-,46+/m0/s1. The molecule has 11 amide bonds. The van der Waals surface area contributed by atoms with Gasteiger partial charge in [0.25, 0.3) is 0 Å². The minimum atomic E-state index is -2.57. The van der Waals surface area contributed by atoms with Crippen LogP contribution in [0.25, 0.3) is 0 Å². The molecule has 2 rings (SSSR count). The Hall–Kier alpha value is -8.07. The van der Waals surface area contributed by atoms with Gasteiger partial charge in [-0.2, -0.15) is 0 Å². The number of carbonyl (C=O) groups is 12. The number of nitrogens with two attached hydrogens (primary N) is 3. The number of aliphatic hydroxyl groups is 4. The van der Waals surface area contributed by atoms with Gasteiger partial charge in [0, 0.05) is 6.54 Å². The van der Waals surface area contributed by atoms with Crippen molar-refractivity contribution >= 4 is 76.9 Å². The zero-order valence-electron chi connectivity index (χ0n) is 53.0. The van der Waals surface area contributed by atoms with E-state index in [-0.39, 0.29) is 68.4 Å². The SMILES string of the molecule is CC[C@H](C)[C@@H]1NC(=O)[C@@H](CCCNC(=N)N)NC(=O)[C@H](CC(C)C)NC(=O)[C@H]([C@H](O)C(C)C)NC(=O)[C@@H](NC(=O)[C@H](CC(C)C)NC(=O)[C@H](N)CC(C)C)[C@@H](c2ccccc2)OC(=O)[C@H](CO)NC(=O)[C@H]([C@H](O)C(N)=O)NC(=O)CNC(=O)[C@H]([C@H](C)O)NC1=O. The Balaban J connectivity index is 3.13. The number of esters is 1. The third-order valence-electron chi connectivity index (χ3n) is 14.5. The molecule has 32 heteroatoms. The van der Waals surface area contributed by atoms with Gasteiger partial charge in [0.15, 0.2) is 24.2 Å². The fraction of sp³-hybridized carbons (Fsp3) is 0.672. The van der Waals surface area contributed by atoms with E-state index in [4.69, 9.17) is 27.3 Å². The predicted octanol–water partition coefficient (Wildman–Crippen LogP) is -5.22. The maximum absolute atomic E-state index is 15.3. The summed E-state index contributed by atoms with van der Waals surface area (Å²) in [5.41, 5.74) is 17.0. The summed E-state index contributed by atoms with van der Waals surface area (Å²) in [6, 6.07) is -10.7. The van der Waals surface area contributed by atoms with Gasteiger partial charge in [-0.15, -0.1) is 0 Å². The van der Waals surface area contributed by atoms with E-state index in [0.717, 1.165) is 6.92 Å². The summed E-state index contributed by atoms with van der Waals surface area (Å²) in [5.74, 6) is -17.3. The molecular formula is C58H97N15O17. The van der Waals surface area contributed by atoms with E-state index in [9.17, 15) is 73.2 Å². The van der Waals surface area contributed by atoms with Crippen LogP contribution in [0.2, 0.25) is 0 Å². The molecule has 0 spiro atoms. The Labute approximate surface area is 523 Å². The minimum Gasteiger partial charge on any atom is -0.453 e. The molecule has 32 nitrogen and oxygen atoms in total. The van der Waals surface area contributed by atoms with Crippen LogP contribution in [-0.4, -0.2) is 196 Å². The second-order valence-corrected chi connectivity index (χ2v) is 24.1. The number of hydrogen-bond acceptors (Lipinski definition) is 19. The minimum absolute atomic E-state index is 0.0148. The Morgan fingerprint density at radius 1 is 0.656 bits per heavy atom. The number of primary amides is 1. The van der Waals surface area contributed by atoms with E-state index in [1.807, 2.05) is 24.5 Å². The molecule has 0 bridgehead atoms. The Bertz CT molecular complexity index is 2630. The van der Waals surface area contributed by atoms with Gasteiger partial charge in [0.05, 0.1) is 31.4 Å². The van der Waals surface area contributed by atoms with Crippen LogP contribution in [0.3, 0.4) is 0 Å². The molecule has 1 aromatic carbocycles. The molecule has 1 fully saturated rings. The van der Waals surface area contributed by atoms with Crippen LogP contribution in [0, 0.1) is 35.0 Å². The third kappa shape index (κ3) is 25.4. The molecule has 15 atom stereocenters.